The molecule has 0 bridgehead atoms. The molecule has 3 aromatic carbocycles. The number of aromatic nitrogens is 2. The van der Waals surface area contributed by atoms with E-state index in [0.29, 0.717) is 4.88 Å². The Hall–Kier alpha value is -3.96. The topological polar surface area (TPSA) is 44.1 Å². The van der Waals surface area contributed by atoms with Crippen LogP contribution in [0.3, 0.4) is 0 Å². The highest BCUT2D eigenvalue weighted by Gasteiger charge is 2.39. The van der Waals surface area contributed by atoms with Crippen LogP contribution in [0.5, 0.6) is 0 Å². The Labute approximate surface area is 196 Å². The number of carbonyl (C=O) groups excluding carboxylic acids is 1. The lowest BCUT2D eigenvalue weighted by Gasteiger charge is -2.36. The summed E-state index contributed by atoms with van der Waals surface area (Å²) < 4.78 is 6.89. The fourth-order valence-corrected chi connectivity index (χ4v) is 5.15. The maximum absolute atomic E-state index is 11.9. The molecule has 0 N–H and O–H groups in total. The summed E-state index contributed by atoms with van der Waals surface area (Å²) in [6.07, 6.45) is 2.01. The molecule has 33 heavy (non-hydrogen) atoms. The number of hydrogen-bond acceptors (Lipinski definition) is 4. The van der Waals surface area contributed by atoms with Crippen molar-refractivity contribution in [1.82, 2.24) is 9.78 Å². The van der Waals surface area contributed by atoms with Crippen LogP contribution in [0.4, 0.5) is 0 Å². The highest BCUT2D eigenvalue weighted by Crippen LogP contribution is 2.41. The Morgan fingerprint density at radius 2 is 1.27 bits per heavy atom. The highest BCUT2D eigenvalue weighted by molar-refractivity contribution is 7.17. The van der Waals surface area contributed by atoms with E-state index in [2.05, 4.69) is 72.8 Å². The number of ether oxygens (including phenoxy) is 1. The van der Waals surface area contributed by atoms with Crippen LogP contribution in [0, 0.1) is 0 Å². The number of rotatable bonds is 6. The first-order valence-electron chi connectivity index (χ1n) is 10.6. The molecule has 0 saturated heterocycles. The summed E-state index contributed by atoms with van der Waals surface area (Å²) in [5.74, 6) is -0.335. The van der Waals surface area contributed by atoms with Crippen molar-refractivity contribution in [3.05, 3.63) is 137 Å². The number of hydrogen-bond donors (Lipinski definition) is 0. The van der Waals surface area contributed by atoms with Gasteiger partial charge in [0.2, 0.25) is 0 Å². The van der Waals surface area contributed by atoms with Crippen molar-refractivity contribution in [2.75, 3.05) is 7.11 Å². The van der Waals surface area contributed by atoms with Gasteiger partial charge in [0.1, 0.15) is 16.1 Å². The molecule has 0 radical (unpaired) electrons. The van der Waals surface area contributed by atoms with Crippen LogP contribution in [-0.2, 0) is 10.3 Å². The number of carbonyl (C=O) groups is 1. The average molecular weight is 451 g/mol. The second-order valence-electron chi connectivity index (χ2n) is 7.61. The van der Waals surface area contributed by atoms with Gasteiger partial charge in [-0.3, -0.25) is 4.68 Å². The SMILES string of the molecule is COC(=O)c1ccc(-c2ccn(C(c3ccccc3)(c3ccccc3)c3ccccc3)n2)s1. The molecule has 4 nitrogen and oxygen atoms in total. The van der Waals surface area contributed by atoms with Gasteiger partial charge in [0.25, 0.3) is 0 Å². The number of thiophene rings is 1. The molecule has 162 valence electrons. The van der Waals surface area contributed by atoms with Crippen LogP contribution in [0.15, 0.2) is 115 Å². The fourth-order valence-electron chi connectivity index (χ4n) is 4.26. The molecule has 0 aliphatic carbocycles. The smallest absolute Gasteiger partial charge is 0.348 e. The second kappa shape index (κ2) is 8.88. The third-order valence-electron chi connectivity index (χ3n) is 5.75. The van der Waals surface area contributed by atoms with Crippen molar-refractivity contribution in [3.63, 3.8) is 0 Å². The number of methoxy groups -OCH3 is 1. The Balaban J connectivity index is 1.74. The fraction of sp³-hybridized carbons (Fsp3) is 0.0714. The monoisotopic (exact) mass is 450 g/mol. The van der Waals surface area contributed by atoms with Gasteiger partial charge in [0.05, 0.1) is 12.0 Å². The van der Waals surface area contributed by atoms with Gasteiger partial charge in [0, 0.05) is 6.20 Å². The van der Waals surface area contributed by atoms with Crippen LogP contribution >= 0.6 is 11.3 Å². The maximum atomic E-state index is 11.9. The summed E-state index contributed by atoms with van der Waals surface area (Å²) in [6.45, 7) is 0. The van der Waals surface area contributed by atoms with Crippen molar-refractivity contribution in [1.29, 1.82) is 0 Å². The quantitative estimate of drug-likeness (QED) is 0.227. The van der Waals surface area contributed by atoms with E-state index in [4.69, 9.17) is 9.84 Å². The van der Waals surface area contributed by atoms with Gasteiger partial charge in [-0.05, 0) is 34.9 Å². The lowest BCUT2D eigenvalue weighted by Crippen LogP contribution is -2.38. The minimum atomic E-state index is -0.662. The Morgan fingerprint density at radius 1 is 0.758 bits per heavy atom. The predicted molar refractivity (Wildman–Crippen MR) is 131 cm³/mol. The number of benzene rings is 3. The van der Waals surface area contributed by atoms with E-state index in [1.807, 2.05) is 41.2 Å². The minimum Gasteiger partial charge on any atom is -0.465 e. The van der Waals surface area contributed by atoms with Crippen molar-refractivity contribution in [2.24, 2.45) is 0 Å². The van der Waals surface area contributed by atoms with E-state index in [9.17, 15) is 4.79 Å². The van der Waals surface area contributed by atoms with E-state index in [-0.39, 0.29) is 5.97 Å². The molecule has 0 unspecified atom stereocenters. The first kappa shape index (κ1) is 20.9. The molecule has 2 heterocycles. The molecule has 0 fully saturated rings. The lowest BCUT2D eigenvalue weighted by atomic mass is 9.77. The predicted octanol–water partition coefficient (Wildman–Crippen LogP) is 6.24. The van der Waals surface area contributed by atoms with Crippen molar-refractivity contribution in [3.8, 4) is 10.6 Å². The van der Waals surface area contributed by atoms with E-state index >= 15 is 0 Å². The normalized spacial score (nSPS) is 11.3. The third-order valence-corrected chi connectivity index (χ3v) is 6.84. The van der Waals surface area contributed by atoms with E-state index in [1.165, 1.54) is 18.4 Å². The molecule has 0 atom stereocenters. The summed E-state index contributed by atoms with van der Waals surface area (Å²) >= 11 is 1.38. The summed E-state index contributed by atoms with van der Waals surface area (Å²) in [5.41, 5.74) is 3.47. The summed E-state index contributed by atoms with van der Waals surface area (Å²) in [7, 11) is 1.39. The minimum absolute atomic E-state index is 0.335. The second-order valence-corrected chi connectivity index (χ2v) is 8.69. The molecule has 0 amide bonds. The first-order chi connectivity index (χ1) is 16.2. The van der Waals surface area contributed by atoms with Crippen LogP contribution < -0.4 is 0 Å². The Bertz CT molecular complexity index is 1260. The molecule has 5 aromatic rings. The van der Waals surface area contributed by atoms with Gasteiger partial charge >= 0.3 is 5.97 Å². The maximum Gasteiger partial charge on any atom is 0.348 e. The van der Waals surface area contributed by atoms with Crippen LogP contribution in [0.2, 0.25) is 0 Å². The largest absolute Gasteiger partial charge is 0.465 e. The van der Waals surface area contributed by atoms with E-state index in [1.54, 1.807) is 6.07 Å². The zero-order chi connectivity index (χ0) is 22.7. The van der Waals surface area contributed by atoms with Gasteiger partial charge < -0.3 is 4.74 Å². The molecular formula is C28H22N2O2S. The zero-order valence-corrected chi connectivity index (χ0v) is 18.9. The molecule has 0 aliphatic heterocycles. The average Bonchev–Trinajstić information content (AvgIpc) is 3.57. The van der Waals surface area contributed by atoms with Crippen molar-refractivity contribution < 1.29 is 9.53 Å². The van der Waals surface area contributed by atoms with Gasteiger partial charge in [-0.25, -0.2) is 4.79 Å². The molecule has 5 heteroatoms. The van der Waals surface area contributed by atoms with Crippen LogP contribution in [0.1, 0.15) is 26.4 Å². The molecule has 0 spiro atoms. The Kier molecular flexibility index (Phi) is 5.63. The summed E-state index contributed by atoms with van der Waals surface area (Å²) in [4.78, 5) is 13.4. The molecule has 2 aromatic heterocycles. The number of esters is 1. The van der Waals surface area contributed by atoms with Gasteiger partial charge in [-0.2, -0.15) is 5.10 Å². The molecule has 0 aliphatic rings. The molecular weight excluding hydrogens is 428 g/mol. The lowest BCUT2D eigenvalue weighted by molar-refractivity contribution is 0.0606. The molecule has 5 rings (SSSR count). The zero-order valence-electron chi connectivity index (χ0n) is 18.1. The Morgan fingerprint density at radius 3 is 1.76 bits per heavy atom. The van der Waals surface area contributed by atoms with E-state index < -0.39 is 5.54 Å². The summed E-state index contributed by atoms with van der Waals surface area (Å²) in [6, 6.07) is 37.0. The highest BCUT2D eigenvalue weighted by atomic mass is 32.1. The van der Waals surface area contributed by atoms with Crippen LogP contribution in [-0.4, -0.2) is 22.9 Å². The molecule has 0 saturated carbocycles. The van der Waals surface area contributed by atoms with E-state index in [0.717, 1.165) is 27.3 Å². The van der Waals surface area contributed by atoms with Crippen LogP contribution in [0.25, 0.3) is 10.6 Å². The van der Waals surface area contributed by atoms with Gasteiger partial charge in [0.15, 0.2) is 0 Å². The van der Waals surface area contributed by atoms with Crippen molar-refractivity contribution >= 4 is 17.3 Å². The van der Waals surface area contributed by atoms with Gasteiger partial charge in [-0.15, -0.1) is 11.3 Å². The third kappa shape index (κ3) is 3.66. The van der Waals surface area contributed by atoms with Crippen molar-refractivity contribution in [2.45, 2.75) is 5.54 Å². The first-order valence-corrected chi connectivity index (χ1v) is 11.5. The summed E-state index contributed by atoms with van der Waals surface area (Å²) in [5, 5.41) is 5.06. The number of nitrogens with zero attached hydrogens (tertiary/aromatic N) is 2. The van der Waals surface area contributed by atoms with Gasteiger partial charge in [-0.1, -0.05) is 91.0 Å². The standard InChI is InChI=1S/C28H22N2O2S/c1-32-27(31)26-18-17-25(33-26)24-19-20-30(29-24)28(21-11-5-2-6-12-21,22-13-7-3-8-14-22)23-15-9-4-10-16-23/h2-20H,1H3.